The number of halogens is 1. The maximum Gasteiger partial charge on any atom is 0.233 e. The summed E-state index contributed by atoms with van der Waals surface area (Å²) in [5.41, 5.74) is 0.638. The smallest absolute Gasteiger partial charge is 0.233 e. The fraction of sp³-hybridized carbons (Fsp3) is 0.500. The molecule has 1 atom stereocenters. The second-order valence-electron chi connectivity index (χ2n) is 6.74. The lowest BCUT2D eigenvalue weighted by atomic mass is 10.3. The standard InChI is InChI=1S/C18H22FN5O2S/c1-12(16(25)20-14-5-6-14)27-18-22-21-17(23-7-9-26-10-8-23)24(18)15-4-2-3-13(19)11-15/h2-4,11-12,14H,5-10H2,1H3,(H,20,25)/t12-/m1/s1. The number of anilines is 1. The van der Waals surface area contributed by atoms with Gasteiger partial charge in [0, 0.05) is 19.1 Å². The van der Waals surface area contributed by atoms with Crippen molar-refractivity contribution in [2.45, 2.75) is 36.2 Å². The molecule has 1 N–H and O–H groups in total. The van der Waals surface area contributed by atoms with Crippen molar-refractivity contribution in [3.63, 3.8) is 0 Å². The lowest BCUT2D eigenvalue weighted by molar-refractivity contribution is -0.120. The molecule has 0 unspecified atom stereocenters. The minimum Gasteiger partial charge on any atom is -0.378 e. The van der Waals surface area contributed by atoms with E-state index in [2.05, 4.69) is 20.4 Å². The zero-order valence-electron chi connectivity index (χ0n) is 15.1. The van der Waals surface area contributed by atoms with Gasteiger partial charge in [-0.1, -0.05) is 17.8 Å². The van der Waals surface area contributed by atoms with Crippen molar-refractivity contribution < 1.29 is 13.9 Å². The molecule has 2 aromatic rings. The Morgan fingerprint density at radius 2 is 2.11 bits per heavy atom. The third-order valence-corrected chi connectivity index (χ3v) is 5.59. The molecule has 7 nitrogen and oxygen atoms in total. The molecule has 1 aliphatic heterocycles. The van der Waals surface area contributed by atoms with Crippen molar-refractivity contribution in [2.24, 2.45) is 0 Å². The highest BCUT2D eigenvalue weighted by Gasteiger charge is 2.28. The second kappa shape index (κ2) is 7.85. The van der Waals surface area contributed by atoms with Crippen LogP contribution in [0, 0.1) is 5.82 Å². The summed E-state index contributed by atoms with van der Waals surface area (Å²) >= 11 is 1.33. The highest BCUT2D eigenvalue weighted by Crippen LogP contribution is 2.30. The van der Waals surface area contributed by atoms with Gasteiger partial charge in [0.1, 0.15) is 5.82 Å². The van der Waals surface area contributed by atoms with Crippen molar-refractivity contribution in [2.75, 3.05) is 31.2 Å². The number of morpholine rings is 1. The Labute approximate surface area is 161 Å². The van der Waals surface area contributed by atoms with Crippen LogP contribution in [0.2, 0.25) is 0 Å². The normalized spacial score (nSPS) is 18.4. The number of benzene rings is 1. The van der Waals surface area contributed by atoms with Crippen LogP contribution in [0.3, 0.4) is 0 Å². The number of rotatable bonds is 6. The van der Waals surface area contributed by atoms with Crippen molar-refractivity contribution in [1.29, 1.82) is 0 Å². The Bertz CT molecular complexity index is 820. The first-order valence-electron chi connectivity index (χ1n) is 9.13. The molecular weight excluding hydrogens is 369 g/mol. The van der Waals surface area contributed by atoms with Gasteiger partial charge in [0.05, 0.1) is 24.2 Å². The van der Waals surface area contributed by atoms with Gasteiger partial charge in [-0.15, -0.1) is 10.2 Å². The van der Waals surface area contributed by atoms with E-state index in [-0.39, 0.29) is 17.0 Å². The summed E-state index contributed by atoms with van der Waals surface area (Å²) in [6.07, 6.45) is 2.09. The quantitative estimate of drug-likeness (QED) is 0.760. The molecule has 1 aromatic carbocycles. The SMILES string of the molecule is C[C@@H](Sc1nnc(N2CCOCC2)n1-c1cccc(F)c1)C(=O)NC1CC1. The van der Waals surface area contributed by atoms with Crippen LogP contribution in [0.4, 0.5) is 10.3 Å². The van der Waals surface area contributed by atoms with Crippen LogP contribution in [0.5, 0.6) is 0 Å². The molecule has 9 heteroatoms. The number of hydrogen-bond acceptors (Lipinski definition) is 6. The average Bonchev–Trinajstić information content (AvgIpc) is 3.39. The fourth-order valence-electron chi connectivity index (χ4n) is 2.91. The molecule has 0 radical (unpaired) electrons. The average molecular weight is 391 g/mol. The second-order valence-corrected chi connectivity index (χ2v) is 8.05. The van der Waals surface area contributed by atoms with E-state index in [9.17, 15) is 9.18 Å². The van der Waals surface area contributed by atoms with Crippen LogP contribution in [0.1, 0.15) is 19.8 Å². The van der Waals surface area contributed by atoms with Crippen LogP contribution in [0.25, 0.3) is 5.69 Å². The lowest BCUT2D eigenvalue weighted by Crippen LogP contribution is -2.38. The predicted molar refractivity (Wildman–Crippen MR) is 101 cm³/mol. The van der Waals surface area contributed by atoms with Gasteiger partial charge in [0.2, 0.25) is 11.9 Å². The molecule has 1 amide bonds. The summed E-state index contributed by atoms with van der Waals surface area (Å²) < 4.78 is 21.1. The molecule has 2 fully saturated rings. The van der Waals surface area contributed by atoms with E-state index in [0.29, 0.717) is 49.1 Å². The highest BCUT2D eigenvalue weighted by atomic mass is 32.2. The van der Waals surface area contributed by atoms with E-state index >= 15 is 0 Å². The number of hydrogen-bond donors (Lipinski definition) is 1. The van der Waals surface area contributed by atoms with Crippen LogP contribution in [0.15, 0.2) is 29.4 Å². The number of aromatic nitrogens is 3. The first kappa shape index (κ1) is 18.2. The number of thioether (sulfide) groups is 1. The van der Waals surface area contributed by atoms with Crippen LogP contribution in [-0.4, -0.2) is 58.3 Å². The molecule has 0 spiro atoms. The molecule has 2 heterocycles. The summed E-state index contributed by atoms with van der Waals surface area (Å²) in [6, 6.07) is 6.64. The van der Waals surface area contributed by atoms with Crippen LogP contribution < -0.4 is 10.2 Å². The summed E-state index contributed by atoms with van der Waals surface area (Å²) in [6.45, 7) is 4.45. The van der Waals surface area contributed by atoms with Gasteiger partial charge in [-0.3, -0.25) is 9.36 Å². The number of ether oxygens (including phenoxy) is 1. The molecule has 27 heavy (non-hydrogen) atoms. The van der Waals surface area contributed by atoms with Crippen LogP contribution in [-0.2, 0) is 9.53 Å². The van der Waals surface area contributed by atoms with E-state index in [1.54, 1.807) is 6.07 Å². The Kier molecular flexibility index (Phi) is 5.31. The minimum absolute atomic E-state index is 0.00999. The van der Waals surface area contributed by atoms with Gasteiger partial charge >= 0.3 is 0 Å². The number of carbonyl (C=O) groups is 1. The van der Waals surface area contributed by atoms with Gasteiger partial charge < -0.3 is 15.0 Å². The van der Waals surface area contributed by atoms with Gasteiger partial charge in [0.15, 0.2) is 5.16 Å². The fourth-order valence-corrected chi connectivity index (χ4v) is 3.78. The van der Waals surface area contributed by atoms with Gasteiger partial charge in [0.25, 0.3) is 0 Å². The molecule has 2 aliphatic rings. The highest BCUT2D eigenvalue weighted by molar-refractivity contribution is 8.00. The first-order chi connectivity index (χ1) is 13.1. The number of carbonyl (C=O) groups excluding carboxylic acids is 1. The Morgan fingerprint density at radius 3 is 2.81 bits per heavy atom. The number of nitrogens with zero attached hydrogens (tertiary/aromatic N) is 4. The van der Waals surface area contributed by atoms with Crippen molar-refractivity contribution in [3.05, 3.63) is 30.1 Å². The maximum atomic E-state index is 13.8. The van der Waals surface area contributed by atoms with Gasteiger partial charge in [-0.25, -0.2) is 4.39 Å². The van der Waals surface area contributed by atoms with E-state index in [1.165, 1.54) is 23.9 Å². The molecule has 1 saturated heterocycles. The molecule has 4 rings (SSSR count). The Hall–Kier alpha value is -2.13. The molecule has 144 valence electrons. The lowest BCUT2D eigenvalue weighted by Gasteiger charge is -2.28. The van der Waals surface area contributed by atoms with E-state index < -0.39 is 0 Å². The third kappa shape index (κ3) is 4.24. The van der Waals surface area contributed by atoms with Gasteiger partial charge in [-0.05, 0) is 38.0 Å². The molecular formula is C18H22FN5O2S. The van der Waals surface area contributed by atoms with Crippen molar-refractivity contribution >= 4 is 23.6 Å². The maximum absolute atomic E-state index is 13.8. The minimum atomic E-state index is -0.329. The van der Waals surface area contributed by atoms with Gasteiger partial charge in [-0.2, -0.15) is 0 Å². The van der Waals surface area contributed by atoms with E-state index in [1.807, 2.05) is 17.6 Å². The van der Waals surface area contributed by atoms with E-state index in [0.717, 1.165) is 12.8 Å². The summed E-state index contributed by atoms with van der Waals surface area (Å²) in [4.78, 5) is 14.4. The largest absolute Gasteiger partial charge is 0.378 e. The molecule has 1 saturated carbocycles. The first-order valence-corrected chi connectivity index (χ1v) is 10.0. The monoisotopic (exact) mass is 391 g/mol. The number of nitrogens with one attached hydrogen (secondary N) is 1. The molecule has 1 aliphatic carbocycles. The summed E-state index contributed by atoms with van der Waals surface area (Å²) in [7, 11) is 0. The van der Waals surface area contributed by atoms with E-state index in [4.69, 9.17) is 4.74 Å². The van der Waals surface area contributed by atoms with Crippen molar-refractivity contribution in [1.82, 2.24) is 20.1 Å². The van der Waals surface area contributed by atoms with Crippen LogP contribution >= 0.6 is 11.8 Å². The topological polar surface area (TPSA) is 72.3 Å². The zero-order valence-corrected chi connectivity index (χ0v) is 15.9. The summed E-state index contributed by atoms with van der Waals surface area (Å²) in [5, 5.41) is 11.9. The number of amides is 1. The zero-order chi connectivity index (χ0) is 18.8. The Morgan fingerprint density at radius 1 is 1.33 bits per heavy atom. The van der Waals surface area contributed by atoms with Crippen molar-refractivity contribution in [3.8, 4) is 5.69 Å². The third-order valence-electron chi connectivity index (χ3n) is 4.55. The summed E-state index contributed by atoms with van der Waals surface area (Å²) in [5.74, 6) is 0.301. The molecule has 0 bridgehead atoms. The Balaban J connectivity index is 1.63. The predicted octanol–water partition coefficient (Wildman–Crippen LogP) is 2.00. The molecule has 1 aromatic heterocycles.